The lowest BCUT2D eigenvalue weighted by atomic mass is 10.1. The number of nitrogens with zero attached hydrogens (tertiary/aromatic N) is 1. The molecule has 2 rings (SSSR count). The van der Waals surface area contributed by atoms with E-state index in [4.69, 9.17) is 24.4 Å². The molecule has 0 spiro atoms. The zero-order chi connectivity index (χ0) is 22.3. The van der Waals surface area contributed by atoms with Crippen molar-refractivity contribution in [1.82, 2.24) is 14.3 Å². The average Bonchev–Trinajstić information content (AvgIpc) is 3.39. The van der Waals surface area contributed by atoms with Crippen LogP contribution in [0.5, 0.6) is 0 Å². The molecule has 0 bridgehead atoms. The normalized spacial score (nSPS) is 21.5. The van der Waals surface area contributed by atoms with E-state index in [2.05, 4.69) is 21.3 Å². The molecule has 1 unspecified atom stereocenters. The Morgan fingerprint density at radius 3 is 2.32 bits per heavy atom. The van der Waals surface area contributed by atoms with Crippen LogP contribution in [0, 0.1) is 29.6 Å². The van der Waals surface area contributed by atoms with Gasteiger partial charge in [-0.15, -0.1) is 11.8 Å². The van der Waals surface area contributed by atoms with E-state index in [1.165, 1.54) is 4.90 Å². The first-order valence-electron chi connectivity index (χ1n) is 10.7. The largest absolute Gasteiger partial charge is 0.449 e. The summed E-state index contributed by atoms with van der Waals surface area (Å²) >= 11 is 1.04. The third-order valence-electron chi connectivity index (χ3n) is 5.25. The Kier molecular flexibility index (Phi) is 12.5. The second kappa shape index (κ2) is 15.2. The fourth-order valence-electron chi connectivity index (χ4n) is 3.64. The quantitative estimate of drug-likeness (QED) is 0.169. The van der Waals surface area contributed by atoms with Gasteiger partial charge in [-0.25, -0.2) is 14.3 Å². The predicted octanol–water partition coefficient (Wildman–Crippen LogP) is 0.745. The second-order valence-electron chi connectivity index (χ2n) is 7.28. The Morgan fingerprint density at radius 2 is 1.68 bits per heavy atom. The molecular weight excluding hydrogens is 426 g/mol. The van der Waals surface area contributed by atoms with E-state index in [1.54, 1.807) is 0 Å². The molecule has 0 saturated heterocycles. The van der Waals surface area contributed by atoms with Gasteiger partial charge < -0.3 is 29.3 Å². The van der Waals surface area contributed by atoms with Crippen molar-refractivity contribution in [2.45, 2.75) is 25.7 Å². The maximum absolute atomic E-state index is 11.8. The number of aliphatic hydroxyl groups excluding tert-OH is 2. The van der Waals surface area contributed by atoms with E-state index in [0.717, 1.165) is 37.8 Å². The summed E-state index contributed by atoms with van der Waals surface area (Å²) in [5, 5.41) is 17.8. The molecule has 0 heterocycles. The summed E-state index contributed by atoms with van der Waals surface area (Å²) in [5.41, 5.74) is 0. The Hall–Kier alpha value is -1.71. The monoisotopic (exact) mass is 459 g/mol. The van der Waals surface area contributed by atoms with Gasteiger partial charge in [-0.3, -0.25) is 4.72 Å². The van der Waals surface area contributed by atoms with E-state index in [0.29, 0.717) is 37.5 Å². The highest BCUT2D eigenvalue weighted by Gasteiger charge is 2.49. The molecule has 1 saturated carbocycles. The molecule has 11 heteroatoms. The minimum Gasteiger partial charge on any atom is -0.449 e. The minimum atomic E-state index is -0.604. The van der Waals surface area contributed by atoms with Crippen molar-refractivity contribution in [1.29, 1.82) is 0 Å². The number of rotatable bonds is 14. The lowest BCUT2D eigenvalue weighted by molar-refractivity contribution is 0.0503. The molecule has 0 aromatic carbocycles. The first kappa shape index (κ1) is 25.5. The van der Waals surface area contributed by atoms with Crippen LogP contribution in [0.2, 0.25) is 0 Å². The van der Waals surface area contributed by atoms with Crippen LogP contribution < -0.4 is 9.44 Å². The summed E-state index contributed by atoms with van der Waals surface area (Å²) in [7, 11) is 0. The molecule has 10 nitrogen and oxygen atoms in total. The summed E-state index contributed by atoms with van der Waals surface area (Å²) in [6.45, 7) is 1.39. The highest BCUT2D eigenvalue weighted by molar-refractivity contribution is 7.96. The fraction of sp³-hybridized carbons (Fsp3) is 0.800. The first-order chi connectivity index (χ1) is 15.2. The van der Waals surface area contributed by atoms with E-state index in [1.807, 2.05) is 0 Å². The predicted molar refractivity (Wildman–Crippen MR) is 115 cm³/mol. The number of fused-ring (bicyclic) bond motifs is 1. The molecule has 1 fully saturated rings. The second-order valence-corrected chi connectivity index (χ2v) is 7.98. The number of carbonyl (C=O) groups is 2. The summed E-state index contributed by atoms with van der Waals surface area (Å²) in [4.78, 5) is 24.7. The average molecular weight is 460 g/mol. The third-order valence-corrected chi connectivity index (χ3v) is 5.87. The van der Waals surface area contributed by atoms with Gasteiger partial charge in [0.05, 0.1) is 33.0 Å². The van der Waals surface area contributed by atoms with Gasteiger partial charge in [0.15, 0.2) is 0 Å². The van der Waals surface area contributed by atoms with Gasteiger partial charge in [0.25, 0.3) is 0 Å². The molecule has 0 radical (unpaired) electrons. The summed E-state index contributed by atoms with van der Waals surface area (Å²) < 4.78 is 21.1. The van der Waals surface area contributed by atoms with Crippen LogP contribution in [0.4, 0.5) is 9.59 Å². The highest BCUT2D eigenvalue weighted by atomic mass is 32.2. The lowest BCUT2D eigenvalue weighted by Gasteiger charge is -2.19. The maximum Gasteiger partial charge on any atom is 0.418 e. The van der Waals surface area contributed by atoms with Gasteiger partial charge in [0.1, 0.15) is 6.61 Å². The number of amides is 2. The molecule has 0 aromatic heterocycles. The third kappa shape index (κ3) is 9.97. The van der Waals surface area contributed by atoms with E-state index in [-0.39, 0.29) is 39.5 Å². The fourth-order valence-corrected chi connectivity index (χ4v) is 4.04. The van der Waals surface area contributed by atoms with Crippen molar-refractivity contribution < 1.29 is 34.0 Å². The zero-order valence-corrected chi connectivity index (χ0v) is 18.5. The molecule has 31 heavy (non-hydrogen) atoms. The molecule has 2 aliphatic rings. The van der Waals surface area contributed by atoms with Crippen LogP contribution in [-0.2, 0) is 14.2 Å². The lowest BCUT2D eigenvalue weighted by Crippen LogP contribution is -2.36. The molecular formula is C20H33N3O7S. The van der Waals surface area contributed by atoms with Gasteiger partial charge in [0, 0.05) is 44.6 Å². The smallest absolute Gasteiger partial charge is 0.418 e. The topological polar surface area (TPSA) is 130 Å². The minimum absolute atomic E-state index is 0.0686. The molecule has 2 amide bonds. The Balaban J connectivity index is 1.39. The van der Waals surface area contributed by atoms with Crippen LogP contribution in [0.1, 0.15) is 25.7 Å². The number of nitrogens with one attached hydrogen (secondary N) is 2. The standard InChI is InChI=1S/C20H33N3O7S/c24-10-8-23(9-11-25)20(27)29-14-13-28-12-7-21-31-22-19(26)30-15-18-16-5-3-1-2-4-6-17(16)18/h16-18,21,24-25H,3-15H2,(H,22,26)/t16-,17+,18?. The number of ether oxygens (including phenoxy) is 3. The van der Waals surface area contributed by atoms with E-state index < -0.39 is 12.2 Å². The zero-order valence-electron chi connectivity index (χ0n) is 17.7. The molecule has 0 aliphatic heterocycles. The van der Waals surface area contributed by atoms with Gasteiger partial charge in [0.2, 0.25) is 0 Å². The van der Waals surface area contributed by atoms with E-state index >= 15 is 0 Å². The van der Waals surface area contributed by atoms with Crippen LogP contribution in [0.25, 0.3) is 0 Å². The Labute approximate surface area is 187 Å². The summed E-state index contributed by atoms with van der Waals surface area (Å²) in [5.74, 6) is 8.11. The maximum atomic E-state index is 11.8. The van der Waals surface area contributed by atoms with Crippen molar-refractivity contribution in [3.05, 3.63) is 0 Å². The van der Waals surface area contributed by atoms with Crippen LogP contribution in [-0.4, -0.2) is 86.6 Å². The molecule has 176 valence electrons. The number of hydrogen-bond donors (Lipinski definition) is 4. The summed E-state index contributed by atoms with van der Waals surface area (Å²) in [6.07, 6.45) is 3.03. The van der Waals surface area contributed by atoms with Gasteiger partial charge in [-0.05, 0) is 30.6 Å². The SMILES string of the molecule is O=C(NSNCCOCCOC(=O)N(CCO)CCO)OCC1[C@H]2CCC#CCC[C@@H]12. The van der Waals surface area contributed by atoms with Crippen molar-refractivity contribution in [2.75, 3.05) is 59.3 Å². The summed E-state index contributed by atoms with van der Waals surface area (Å²) in [6, 6.07) is 0. The first-order valence-corrected chi connectivity index (χ1v) is 11.5. The van der Waals surface area contributed by atoms with Crippen molar-refractivity contribution in [3.63, 3.8) is 0 Å². The molecule has 0 aromatic rings. The molecule has 4 N–H and O–H groups in total. The molecule has 3 atom stereocenters. The van der Waals surface area contributed by atoms with Crippen molar-refractivity contribution in [3.8, 4) is 11.8 Å². The van der Waals surface area contributed by atoms with Crippen LogP contribution in [0.3, 0.4) is 0 Å². The number of hydrogen-bond acceptors (Lipinski definition) is 9. The van der Waals surface area contributed by atoms with Crippen LogP contribution in [0.15, 0.2) is 0 Å². The number of carbonyl (C=O) groups excluding carboxylic acids is 2. The van der Waals surface area contributed by atoms with Crippen molar-refractivity contribution in [2.24, 2.45) is 17.8 Å². The van der Waals surface area contributed by atoms with Gasteiger partial charge in [-0.2, -0.15) is 0 Å². The van der Waals surface area contributed by atoms with Gasteiger partial charge >= 0.3 is 12.2 Å². The highest BCUT2D eigenvalue weighted by Crippen LogP contribution is 2.52. The molecule has 2 aliphatic carbocycles. The van der Waals surface area contributed by atoms with Gasteiger partial charge in [-0.1, -0.05) is 0 Å². The van der Waals surface area contributed by atoms with Crippen LogP contribution >= 0.6 is 12.1 Å². The Morgan fingerprint density at radius 1 is 1.00 bits per heavy atom. The Bertz CT molecular complexity index is 589. The van der Waals surface area contributed by atoms with Crippen molar-refractivity contribution >= 4 is 24.3 Å². The van der Waals surface area contributed by atoms with E-state index in [9.17, 15) is 9.59 Å². The number of aliphatic hydroxyl groups is 2.